The van der Waals surface area contributed by atoms with E-state index in [1.807, 2.05) is 6.07 Å². The van der Waals surface area contributed by atoms with Crippen molar-refractivity contribution in [3.05, 3.63) is 84.9 Å². The van der Waals surface area contributed by atoms with Gasteiger partial charge >= 0.3 is 7.12 Å². The summed E-state index contributed by atoms with van der Waals surface area (Å²) in [5.41, 5.74) is 5.79. The summed E-state index contributed by atoms with van der Waals surface area (Å²) in [6.45, 7) is 8.30. The zero-order valence-electron chi connectivity index (χ0n) is 18.4. The lowest BCUT2D eigenvalue weighted by Crippen LogP contribution is -2.41. The van der Waals surface area contributed by atoms with E-state index >= 15 is 0 Å². The molecule has 1 aliphatic heterocycles. The molecule has 31 heavy (non-hydrogen) atoms. The van der Waals surface area contributed by atoms with Gasteiger partial charge in [-0.15, -0.1) is 0 Å². The fourth-order valence-corrected chi connectivity index (χ4v) is 3.89. The Kier molecular flexibility index (Phi) is 4.73. The number of benzene rings is 3. The number of aromatic nitrogens is 1. The zero-order chi connectivity index (χ0) is 21.6. The van der Waals surface area contributed by atoms with Gasteiger partial charge in [-0.2, -0.15) is 0 Å². The van der Waals surface area contributed by atoms with Gasteiger partial charge in [0.15, 0.2) is 0 Å². The van der Waals surface area contributed by atoms with E-state index in [9.17, 15) is 0 Å². The number of pyridine rings is 1. The summed E-state index contributed by atoms with van der Waals surface area (Å²) in [6, 6.07) is 29.4. The molecule has 0 spiro atoms. The quantitative estimate of drug-likeness (QED) is 0.398. The Labute approximate surface area is 184 Å². The molecule has 1 fully saturated rings. The van der Waals surface area contributed by atoms with Crippen LogP contribution in [0.5, 0.6) is 0 Å². The van der Waals surface area contributed by atoms with E-state index in [2.05, 4.69) is 107 Å². The molecule has 4 aromatic rings. The summed E-state index contributed by atoms with van der Waals surface area (Å²) >= 11 is 0. The number of rotatable bonds is 3. The average Bonchev–Trinajstić information content (AvgIpc) is 3.00. The maximum atomic E-state index is 6.20. The first kappa shape index (κ1) is 20.0. The van der Waals surface area contributed by atoms with Crippen molar-refractivity contribution in [1.82, 2.24) is 4.98 Å². The number of nitrogens with zero attached hydrogens (tertiary/aromatic N) is 1. The Hall–Kier alpha value is -2.95. The van der Waals surface area contributed by atoms with Crippen LogP contribution in [0, 0.1) is 0 Å². The highest BCUT2D eigenvalue weighted by Gasteiger charge is 2.51. The van der Waals surface area contributed by atoms with Crippen molar-refractivity contribution >= 4 is 23.5 Å². The van der Waals surface area contributed by atoms with Crippen LogP contribution >= 0.6 is 0 Å². The number of hydrogen-bond acceptors (Lipinski definition) is 3. The molecular weight excluding hydrogens is 381 g/mol. The van der Waals surface area contributed by atoms with Crippen molar-refractivity contribution in [2.24, 2.45) is 0 Å². The number of hydrogen-bond donors (Lipinski definition) is 0. The van der Waals surface area contributed by atoms with Crippen LogP contribution in [-0.4, -0.2) is 23.3 Å². The van der Waals surface area contributed by atoms with Gasteiger partial charge in [-0.1, -0.05) is 72.8 Å². The second-order valence-corrected chi connectivity index (χ2v) is 9.18. The molecule has 3 aromatic carbocycles. The molecule has 0 unspecified atom stereocenters. The monoisotopic (exact) mass is 407 g/mol. The van der Waals surface area contributed by atoms with Gasteiger partial charge in [0.1, 0.15) is 0 Å². The second-order valence-electron chi connectivity index (χ2n) is 9.18. The van der Waals surface area contributed by atoms with Crippen molar-refractivity contribution in [3.63, 3.8) is 0 Å². The van der Waals surface area contributed by atoms with Crippen LogP contribution in [-0.2, 0) is 9.31 Å². The van der Waals surface area contributed by atoms with Crippen molar-refractivity contribution in [1.29, 1.82) is 0 Å². The molecule has 0 saturated carbocycles. The minimum absolute atomic E-state index is 0.347. The van der Waals surface area contributed by atoms with Crippen LogP contribution in [0.25, 0.3) is 33.3 Å². The molecule has 3 nitrogen and oxygen atoms in total. The van der Waals surface area contributed by atoms with Gasteiger partial charge < -0.3 is 9.31 Å². The van der Waals surface area contributed by atoms with E-state index in [1.165, 1.54) is 11.1 Å². The van der Waals surface area contributed by atoms with Crippen molar-refractivity contribution in [2.75, 3.05) is 0 Å². The van der Waals surface area contributed by atoms with E-state index in [0.717, 1.165) is 27.6 Å². The molecule has 154 valence electrons. The summed E-state index contributed by atoms with van der Waals surface area (Å²) in [5.74, 6) is 0. The molecule has 5 rings (SSSR count). The fourth-order valence-electron chi connectivity index (χ4n) is 3.89. The minimum atomic E-state index is -0.361. The van der Waals surface area contributed by atoms with Crippen molar-refractivity contribution < 1.29 is 9.31 Å². The van der Waals surface area contributed by atoms with Crippen LogP contribution in [0.1, 0.15) is 27.7 Å². The van der Waals surface area contributed by atoms with E-state index in [0.29, 0.717) is 0 Å². The average molecular weight is 407 g/mol. The maximum absolute atomic E-state index is 6.20. The lowest BCUT2D eigenvalue weighted by Gasteiger charge is -2.32. The van der Waals surface area contributed by atoms with Crippen LogP contribution < -0.4 is 5.46 Å². The van der Waals surface area contributed by atoms with Crippen LogP contribution in [0.2, 0.25) is 0 Å². The Morgan fingerprint density at radius 3 is 1.94 bits per heavy atom. The first-order valence-corrected chi connectivity index (χ1v) is 10.7. The van der Waals surface area contributed by atoms with E-state index in [-0.39, 0.29) is 18.3 Å². The third-order valence-electron chi connectivity index (χ3n) is 6.53. The van der Waals surface area contributed by atoms with Gasteiger partial charge in [0, 0.05) is 5.56 Å². The molecule has 0 atom stereocenters. The predicted molar refractivity (Wildman–Crippen MR) is 128 cm³/mol. The summed E-state index contributed by atoms with van der Waals surface area (Å²) in [5, 5.41) is 1.08. The third-order valence-corrected chi connectivity index (χ3v) is 6.53. The lowest BCUT2D eigenvalue weighted by atomic mass is 9.78. The molecule has 1 aliphatic rings. The molecular formula is C27H26BNO2. The smallest absolute Gasteiger partial charge is 0.399 e. The van der Waals surface area contributed by atoms with Gasteiger partial charge in [0.25, 0.3) is 0 Å². The Morgan fingerprint density at radius 2 is 1.26 bits per heavy atom. The molecule has 0 aliphatic carbocycles. The topological polar surface area (TPSA) is 31.4 Å². The third kappa shape index (κ3) is 3.67. The van der Waals surface area contributed by atoms with Gasteiger partial charge in [0.05, 0.1) is 22.4 Å². The van der Waals surface area contributed by atoms with Gasteiger partial charge in [-0.3, -0.25) is 0 Å². The Bertz CT molecular complexity index is 1220. The van der Waals surface area contributed by atoms with Crippen LogP contribution in [0.3, 0.4) is 0 Å². The van der Waals surface area contributed by atoms with Crippen LogP contribution in [0.4, 0.5) is 0 Å². The van der Waals surface area contributed by atoms with E-state index < -0.39 is 0 Å². The zero-order valence-corrected chi connectivity index (χ0v) is 18.4. The second kappa shape index (κ2) is 7.33. The van der Waals surface area contributed by atoms with Gasteiger partial charge in [0.2, 0.25) is 0 Å². The first-order chi connectivity index (χ1) is 14.8. The molecule has 0 bridgehead atoms. The largest absolute Gasteiger partial charge is 0.494 e. The van der Waals surface area contributed by atoms with Crippen molar-refractivity contribution in [2.45, 2.75) is 38.9 Å². The van der Waals surface area contributed by atoms with Crippen molar-refractivity contribution in [3.8, 4) is 22.4 Å². The SMILES string of the molecule is CC1(C)OB(c2ccc3nc(-c4ccc(-c5ccccc5)cc4)ccc3c2)OC1(C)C. The van der Waals surface area contributed by atoms with E-state index in [1.54, 1.807) is 0 Å². The summed E-state index contributed by atoms with van der Waals surface area (Å²) < 4.78 is 12.4. The molecule has 0 N–H and O–H groups in total. The minimum Gasteiger partial charge on any atom is -0.399 e. The van der Waals surface area contributed by atoms with E-state index in [4.69, 9.17) is 14.3 Å². The maximum Gasteiger partial charge on any atom is 0.494 e. The molecule has 1 saturated heterocycles. The highest BCUT2D eigenvalue weighted by molar-refractivity contribution is 6.62. The molecule has 4 heteroatoms. The normalized spacial score (nSPS) is 17.2. The summed E-state index contributed by atoms with van der Waals surface area (Å²) in [6.07, 6.45) is 0. The molecule has 1 aromatic heterocycles. The predicted octanol–water partition coefficient (Wildman–Crippen LogP) is 5.87. The Balaban J connectivity index is 1.42. The first-order valence-electron chi connectivity index (χ1n) is 10.7. The molecule has 0 amide bonds. The highest BCUT2D eigenvalue weighted by atomic mass is 16.7. The van der Waals surface area contributed by atoms with Gasteiger partial charge in [-0.25, -0.2) is 4.98 Å². The van der Waals surface area contributed by atoms with Gasteiger partial charge in [-0.05, 0) is 61.8 Å². The highest BCUT2D eigenvalue weighted by Crippen LogP contribution is 2.36. The summed E-state index contributed by atoms with van der Waals surface area (Å²) in [4.78, 5) is 4.89. The van der Waals surface area contributed by atoms with Crippen LogP contribution in [0.15, 0.2) is 84.9 Å². The lowest BCUT2D eigenvalue weighted by molar-refractivity contribution is 0.00578. The molecule has 0 radical (unpaired) electrons. The molecule has 2 heterocycles. The number of fused-ring (bicyclic) bond motifs is 1. The standard InChI is InChI=1S/C27H26BNO2/c1-26(2)27(3,4)31-28(30-26)23-15-17-25-22(18-23)14-16-24(29-25)21-12-10-20(11-13-21)19-8-6-5-7-9-19/h5-18H,1-4H3. The fraction of sp³-hybridized carbons (Fsp3) is 0.222. The summed E-state index contributed by atoms with van der Waals surface area (Å²) in [7, 11) is -0.361. The Morgan fingerprint density at radius 1 is 0.645 bits per heavy atom.